The fourth-order valence-electron chi connectivity index (χ4n) is 3.71. The van der Waals surface area contributed by atoms with Crippen molar-refractivity contribution in [3.63, 3.8) is 0 Å². The van der Waals surface area contributed by atoms with Crippen molar-refractivity contribution in [2.24, 2.45) is 10.9 Å². The standard InChI is InChI=1S/C22H20F6N8/c1-29-11-13-4-3-9-36(12-13)20-34-18(15-5-2-6-16(32-15)21(23,24)25)33-19(35-20)31-14-7-8-30-17(10-14)22(26,27)28/h2,5-8,10-11,13H,3-4,9,12H2,1H3,(H,30,31,33,34,35)/b29-11-. The molecule has 0 aromatic carbocycles. The zero-order valence-corrected chi connectivity index (χ0v) is 18.8. The van der Waals surface area contributed by atoms with E-state index in [0.29, 0.717) is 13.1 Å². The molecule has 0 amide bonds. The number of rotatable bonds is 5. The summed E-state index contributed by atoms with van der Waals surface area (Å²) < 4.78 is 78.9. The number of pyridine rings is 2. The van der Waals surface area contributed by atoms with Crippen molar-refractivity contribution in [3.05, 3.63) is 47.9 Å². The molecule has 4 rings (SSSR count). The lowest BCUT2D eigenvalue weighted by Gasteiger charge is -2.31. The smallest absolute Gasteiger partial charge is 0.340 e. The molecule has 0 spiro atoms. The fourth-order valence-corrected chi connectivity index (χ4v) is 3.71. The number of nitrogens with zero attached hydrogens (tertiary/aromatic N) is 7. The SMILES string of the molecule is C/N=C\C1CCCN(c2nc(Nc3ccnc(C(F)(F)F)c3)nc(-c3cccc(C(F)(F)F)n3)n2)C1. The predicted octanol–water partition coefficient (Wildman–Crippen LogP) is 5.03. The van der Waals surface area contributed by atoms with Crippen molar-refractivity contribution in [2.75, 3.05) is 30.4 Å². The maximum absolute atomic E-state index is 13.2. The number of alkyl halides is 6. The molecule has 4 heterocycles. The second-order valence-corrected chi connectivity index (χ2v) is 8.00. The summed E-state index contributed by atoms with van der Waals surface area (Å²) in [5.74, 6) is -0.0487. The van der Waals surface area contributed by atoms with Gasteiger partial charge in [0.05, 0.1) is 0 Å². The van der Waals surface area contributed by atoms with Crippen LogP contribution in [0, 0.1) is 5.92 Å². The third-order valence-electron chi connectivity index (χ3n) is 5.30. The molecular formula is C22H20F6N8. The topological polar surface area (TPSA) is 92.1 Å². The molecule has 1 fully saturated rings. The van der Waals surface area contributed by atoms with Crippen molar-refractivity contribution < 1.29 is 26.3 Å². The van der Waals surface area contributed by atoms with Crippen LogP contribution in [0.15, 0.2) is 41.5 Å². The molecule has 0 radical (unpaired) electrons. The summed E-state index contributed by atoms with van der Waals surface area (Å²) in [7, 11) is 1.66. The van der Waals surface area contributed by atoms with E-state index in [0.717, 1.165) is 31.2 Å². The zero-order valence-electron chi connectivity index (χ0n) is 18.8. The third kappa shape index (κ3) is 6.04. The van der Waals surface area contributed by atoms with Gasteiger partial charge in [0.15, 0.2) is 5.82 Å². The van der Waals surface area contributed by atoms with Gasteiger partial charge in [-0.2, -0.15) is 41.3 Å². The van der Waals surface area contributed by atoms with Gasteiger partial charge in [-0.3, -0.25) is 4.98 Å². The first kappa shape index (κ1) is 25.3. The summed E-state index contributed by atoms with van der Waals surface area (Å²) in [5.41, 5.74) is -2.42. The quantitative estimate of drug-likeness (QED) is 0.380. The largest absolute Gasteiger partial charge is 0.433 e. The highest BCUT2D eigenvalue weighted by molar-refractivity contribution is 5.63. The average molecular weight is 510 g/mol. The lowest BCUT2D eigenvalue weighted by atomic mass is 10.00. The van der Waals surface area contributed by atoms with Crippen LogP contribution in [0.3, 0.4) is 0 Å². The first-order valence-corrected chi connectivity index (χ1v) is 10.8. The van der Waals surface area contributed by atoms with Crippen molar-refractivity contribution in [1.29, 1.82) is 0 Å². The van der Waals surface area contributed by atoms with Crippen LogP contribution in [0.4, 0.5) is 43.9 Å². The molecule has 0 saturated carbocycles. The second-order valence-electron chi connectivity index (χ2n) is 8.00. The van der Waals surface area contributed by atoms with Crippen LogP contribution in [0.2, 0.25) is 0 Å². The van der Waals surface area contributed by atoms with E-state index >= 15 is 0 Å². The number of halogens is 6. The molecule has 1 unspecified atom stereocenters. The maximum atomic E-state index is 13.2. The van der Waals surface area contributed by atoms with Gasteiger partial charge in [-0.05, 0) is 37.1 Å². The van der Waals surface area contributed by atoms with Crippen LogP contribution < -0.4 is 10.2 Å². The molecule has 8 nitrogen and oxygen atoms in total. The summed E-state index contributed by atoms with van der Waals surface area (Å²) in [4.78, 5) is 25.6. The number of nitrogens with one attached hydrogen (secondary N) is 1. The van der Waals surface area contributed by atoms with E-state index < -0.39 is 23.7 Å². The van der Waals surface area contributed by atoms with Gasteiger partial charge in [0.25, 0.3) is 0 Å². The Labute approximate surface area is 201 Å². The first-order valence-electron chi connectivity index (χ1n) is 10.8. The van der Waals surface area contributed by atoms with Crippen molar-refractivity contribution in [1.82, 2.24) is 24.9 Å². The van der Waals surface area contributed by atoms with E-state index in [-0.39, 0.29) is 35.0 Å². The van der Waals surface area contributed by atoms with Crippen LogP contribution in [0.25, 0.3) is 11.5 Å². The summed E-state index contributed by atoms with van der Waals surface area (Å²) in [6.45, 7) is 1.07. The summed E-state index contributed by atoms with van der Waals surface area (Å²) >= 11 is 0. The molecule has 1 aliphatic heterocycles. The van der Waals surface area contributed by atoms with Gasteiger partial charge >= 0.3 is 12.4 Å². The van der Waals surface area contributed by atoms with E-state index in [1.807, 2.05) is 4.90 Å². The minimum atomic E-state index is -4.68. The summed E-state index contributed by atoms with van der Waals surface area (Å²) in [5, 5.41) is 2.68. The Kier molecular flexibility index (Phi) is 7.04. The van der Waals surface area contributed by atoms with E-state index in [1.165, 1.54) is 18.2 Å². The molecule has 36 heavy (non-hydrogen) atoms. The highest BCUT2D eigenvalue weighted by atomic mass is 19.4. The molecule has 3 aromatic heterocycles. The molecule has 14 heteroatoms. The monoisotopic (exact) mass is 510 g/mol. The lowest BCUT2D eigenvalue weighted by molar-refractivity contribution is -0.141. The number of anilines is 3. The van der Waals surface area contributed by atoms with Gasteiger partial charge in [0.2, 0.25) is 11.9 Å². The van der Waals surface area contributed by atoms with Crippen molar-refractivity contribution in [2.45, 2.75) is 25.2 Å². The molecule has 1 N–H and O–H groups in total. The highest BCUT2D eigenvalue weighted by Crippen LogP contribution is 2.31. The molecule has 3 aromatic rings. The molecule has 1 aliphatic rings. The van der Waals surface area contributed by atoms with Gasteiger partial charge in [-0.15, -0.1) is 0 Å². The molecule has 1 saturated heterocycles. The van der Waals surface area contributed by atoms with Crippen LogP contribution in [0.1, 0.15) is 24.2 Å². The third-order valence-corrected chi connectivity index (χ3v) is 5.30. The Hall–Kier alpha value is -3.84. The van der Waals surface area contributed by atoms with Crippen LogP contribution in [-0.2, 0) is 12.4 Å². The van der Waals surface area contributed by atoms with E-state index in [4.69, 9.17) is 0 Å². The van der Waals surface area contributed by atoms with E-state index in [9.17, 15) is 26.3 Å². The van der Waals surface area contributed by atoms with Crippen molar-refractivity contribution >= 4 is 23.8 Å². The van der Waals surface area contributed by atoms with Crippen LogP contribution in [-0.4, -0.2) is 51.3 Å². The molecule has 0 bridgehead atoms. The number of aliphatic imine (C=N–C) groups is 1. The van der Waals surface area contributed by atoms with Crippen LogP contribution >= 0.6 is 0 Å². The Morgan fingerprint density at radius 1 is 1.00 bits per heavy atom. The van der Waals surface area contributed by atoms with E-state index in [2.05, 4.69) is 35.2 Å². The number of piperidine rings is 1. The maximum Gasteiger partial charge on any atom is 0.433 e. The Morgan fingerprint density at radius 3 is 2.50 bits per heavy atom. The minimum absolute atomic E-state index is 0.00735. The minimum Gasteiger partial charge on any atom is -0.340 e. The van der Waals surface area contributed by atoms with E-state index in [1.54, 1.807) is 13.3 Å². The molecule has 0 aliphatic carbocycles. The number of aromatic nitrogens is 5. The number of hydrogen-bond donors (Lipinski definition) is 1. The number of hydrogen-bond acceptors (Lipinski definition) is 8. The van der Waals surface area contributed by atoms with Gasteiger partial charge in [0, 0.05) is 44.2 Å². The first-order chi connectivity index (χ1) is 17.0. The van der Waals surface area contributed by atoms with Gasteiger partial charge in [0.1, 0.15) is 17.1 Å². The Balaban J connectivity index is 1.75. The van der Waals surface area contributed by atoms with Gasteiger partial charge in [-0.1, -0.05) is 6.07 Å². The molecule has 1 atom stereocenters. The normalized spacial score (nSPS) is 17.0. The van der Waals surface area contributed by atoms with Crippen LogP contribution in [0.5, 0.6) is 0 Å². The fraction of sp³-hybridized carbons (Fsp3) is 0.364. The lowest BCUT2D eigenvalue weighted by Crippen LogP contribution is -2.37. The molecular weight excluding hydrogens is 490 g/mol. The predicted molar refractivity (Wildman–Crippen MR) is 120 cm³/mol. The second kappa shape index (κ2) is 10.0. The average Bonchev–Trinajstić information content (AvgIpc) is 2.83. The Morgan fingerprint density at radius 2 is 1.78 bits per heavy atom. The molecule has 190 valence electrons. The summed E-state index contributed by atoms with van der Waals surface area (Å²) in [6.07, 6.45) is -4.89. The Bertz CT molecular complexity index is 1240. The summed E-state index contributed by atoms with van der Waals surface area (Å²) in [6, 6.07) is 5.37. The van der Waals surface area contributed by atoms with Gasteiger partial charge in [-0.25, -0.2) is 4.98 Å². The van der Waals surface area contributed by atoms with Crippen molar-refractivity contribution in [3.8, 4) is 11.5 Å². The zero-order chi connectivity index (χ0) is 25.9. The highest BCUT2D eigenvalue weighted by Gasteiger charge is 2.34. The van der Waals surface area contributed by atoms with Gasteiger partial charge < -0.3 is 15.2 Å².